The van der Waals surface area contributed by atoms with E-state index in [1.165, 1.54) is 59.4 Å². The van der Waals surface area contributed by atoms with E-state index < -0.39 is 24.0 Å². The quantitative estimate of drug-likeness (QED) is 0.227. The molecule has 4 rings (SSSR count). The molecule has 202 valence electrons. The molecular formula is C26H18Cl2F3N3O5. The number of carboxylic acid groups (broad SMARTS) is 1. The number of hydrogen-bond donors (Lipinski definition) is 2. The summed E-state index contributed by atoms with van der Waals surface area (Å²) in [5.74, 6) is -1.62. The van der Waals surface area contributed by atoms with E-state index in [9.17, 15) is 22.8 Å². The highest BCUT2D eigenvalue weighted by Crippen LogP contribution is 2.36. The Hall–Kier alpha value is -4.22. The number of halogens is 5. The summed E-state index contributed by atoms with van der Waals surface area (Å²) in [6.45, 7) is -0.0299. The van der Waals surface area contributed by atoms with Gasteiger partial charge < -0.3 is 19.9 Å². The Bertz CT molecular complexity index is 1490. The van der Waals surface area contributed by atoms with Gasteiger partial charge in [0.25, 0.3) is 5.91 Å². The predicted octanol–water partition coefficient (Wildman–Crippen LogP) is 6.74. The summed E-state index contributed by atoms with van der Waals surface area (Å²) in [7, 11) is 0. The number of nitrogens with one attached hydrogen (secondary N) is 1. The molecule has 0 bridgehead atoms. The number of aliphatic carboxylic acids is 1. The van der Waals surface area contributed by atoms with E-state index in [-0.39, 0.29) is 30.2 Å². The second-order valence-electron chi connectivity index (χ2n) is 8.02. The van der Waals surface area contributed by atoms with Crippen LogP contribution in [0.3, 0.4) is 0 Å². The van der Waals surface area contributed by atoms with Gasteiger partial charge in [-0.05, 0) is 60.2 Å². The number of rotatable bonds is 9. The average molecular weight is 580 g/mol. The van der Waals surface area contributed by atoms with Gasteiger partial charge >= 0.3 is 12.3 Å². The van der Waals surface area contributed by atoms with Crippen molar-refractivity contribution in [3.8, 4) is 34.2 Å². The third-order valence-corrected chi connectivity index (χ3v) is 5.56. The molecule has 2 N–H and O–H groups in total. The lowest BCUT2D eigenvalue weighted by atomic mass is 10.1. The van der Waals surface area contributed by atoms with Gasteiger partial charge in [-0.1, -0.05) is 35.3 Å². The maximum absolute atomic E-state index is 12.8. The molecule has 0 radical (unpaired) electrons. The highest BCUT2D eigenvalue weighted by molar-refractivity contribution is 6.34. The number of benzene rings is 3. The Balaban J connectivity index is 1.66. The molecule has 0 aliphatic carbocycles. The fourth-order valence-electron chi connectivity index (χ4n) is 3.47. The second-order valence-corrected chi connectivity index (χ2v) is 8.89. The topological polar surface area (TPSA) is 103 Å². The van der Waals surface area contributed by atoms with Gasteiger partial charge in [0.2, 0.25) is 5.88 Å². The van der Waals surface area contributed by atoms with E-state index in [1.807, 2.05) is 0 Å². The Morgan fingerprint density at radius 3 is 2.31 bits per heavy atom. The van der Waals surface area contributed by atoms with E-state index in [2.05, 4.69) is 15.2 Å². The van der Waals surface area contributed by atoms with Crippen molar-refractivity contribution in [3.63, 3.8) is 0 Å². The Morgan fingerprint density at radius 1 is 0.974 bits per heavy atom. The average Bonchev–Trinajstić information content (AvgIpc) is 3.26. The molecule has 39 heavy (non-hydrogen) atoms. The third-order valence-electron chi connectivity index (χ3n) is 5.13. The number of hydrogen-bond acceptors (Lipinski definition) is 5. The molecule has 1 heterocycles. The van der Waals surface area contributed by atoms with Crippen molar-refractivity contribution in [3.05, 3.63) is 88.5 Å². The van der Waals surface area contributed by atoms with E-state index in [1.54, 1.807) is 18.2 Å². The molecule has 0 aliphatic rings. The van der Waals surface area contributed by atoms with Crippen molar-refractivity contribution in [2.75, 3.05) is 6.54 Å². The van der Waals surface area contributed by atoms with E-state index >= 15 is 0 Å². The van der Waals surface area contributed by atoms with Gasteiger partial charge in [0.1, 0.15) is 11.5 Å². The van der Waals surface area contributed by atoms with Gasteiger partial charge in [-0.15, -0.1) is 18.3 Å². The van der Waals surface area contributed by atoms with Crippen molar-refractivity contribution >= 4 is 35.1 Å². The normalized spacial score (nSPS) is 11.2. The first-order valence-corrected chi connectivity index (χ1v) is 11.9. The van der Waals surface area contributed by atoms with Crippen LogP contribution in [0.15, 0.2) is 72.9 Å². The fraction of sp³-hybridized carbons (Fsp3) is 0.115. The molecule has 0 fully saturated rings. The highest BCUT2D eigenvalue weighted by Gasteiger charge is 2.31. The second kappa shape index (κ2) is 11.7. The summed E-state index contributed by atoms with van der Waals surface area (Å²) in [6.07, 6.45) is -3.55. The number of alkyl halides is 3. The molecule has 1 aromatic heterocycles. The van der Waals surface area contributed by atoms with Gasteiger partial charge in [0.15, 0.2) is 0 Å². The Labute approximate surface area is 229 Å². The maximum Gasteiger partial charge on any atom is 0.573 e. The molecule has 13 heteroatoms. The highest BCUT2D eigenvalue weighted by atomic mass is 35.5. The van der Waals surface area contributed by atoms with Crippen molar-refractivity contribution in [1.82, 2.24) is 15.1 Å². The van der Waals surface area contributed by atoms with Crippen LogP contribution in [0.1, 0.15) is 16.8 Å². The van der Waals surface area contributed by atoms with Gasteiger partial charge in [0.05, 0.1) is 17.7 Å². The molecule has 0 aliphatic heterocycles. The SMILES string of the molecule is O=C(O)CCNC(=O)c1ccc(Oc2nn(-c3cc(Cl)cc(Cl)c3)cc2-c2cccc(OC(F)(F)F)c2)cc1. The van der Waals surface area contributed by atoms with Crippen molar-refractivity contribution < 1.29 is 37.3 Å². The summed E-state index contributed by atoms with van der Waals surface area (Å²) in [6, 6.07) is 16.0. The molecule has 0 saturated carbocycles. The number of carbonyl (C=O) groups is 2. The van der Waals surface area contributed by atoms with Crippen molar-refractivity contribution in [2.24, 2.45) is 0 Å². The number of ether oxygens (including phenoxy) is 2. The van der Waals surface area contributed by atoms with Gasteiger partial charge in [-0.25, -0.2) is 4.68 Å². The molecule has 0 unspecified atom stereocenters. The minimum absolute atomic E-state index is 0.0299. The summed E-state index contributed by atoms with van der Waals surface area (Å²) >= 11 is 12.2. The molecular weight excluding hydrogens is 562 g/mol. The maximum atomic E-state index is 12.8. The fourth-order valence-corrected chi connectivity index (χ4v) is 3.98. The van der Waals surface area contributed by atoms with Gasteiger partial charge in [-0.3, -0.25) is 9.59 Å². The van der Waals surface area contributed by atoms with E-state index in [0.717, 1.165) is 0 Å². The first-order valence-electron chi connectivity index (χ1n) is 11.2. The van der Waals surface area contributed by atoms with Crippen LogP contribution in [-0.2, 0) is 4.79 Å². The first kappa shape index (κ1) is 27.8. The molecule has 4 aromatic rings. The largest absolute Gasteiger partial charge is 0.573 e. The van der Waals surface area contributed by atoms with E-state index in [4.69, 9.17) is 33.0 Å². The molecule has 0 atom stereocenters. The lowest BCUT2D eigenvalue weighted by Gasteiger charge is -2.10. The third kappa shape index (κ3) is 7.65. The summed E-state index contributed by atoms with van der Waals surface area (Å²) in [4.78, 5) is 22.8. The van der Waals surface area contributed by atoms with Gasteiger partial charge in [0, 0.05) is 28.4 Å². The van der Waals surface area contributed by atoms with Crippen LogP contribution >= 0.6 is 23.2 Å². The van der Waals surface area contributed by atoms with Crippen LogP contribution in [0.25, 0.3) is 16.8 Å². The zero-order valence-corrected chi connectivity index (χ0v) is 21.2. The number of nitrogens with zero attached hydrogens (tertiary/aromatic N) is 2. The summed E-state index contributed by atoms with van der Waals surface area (Å²) in [5, 5.41) is 16.3. The monoisotopic (exact) mass is 579 g/mol. The molecule has 0 spiro atoms. The number of carbonyl (C=O) groups excluding carboxylic acids is 1. The standard InChI is InChI=1S/C26H18Cl2F3N3O5/c27-17-11-18(28)13-19(12-17)34-14-22(16-2-1-3-21(10-16)39-26(29,30)31)25(33-34)38-20-6-4-15(5-7-20)24(37)32-9-8-23(35)36/h1-7,10-14H,8-9H2,(H,32,37)(H,35,36). The first-order chi connectivity index (χ1) is 18.5. The lowest BCUT2D eigenvalue weighted by molar-refractivity contribution is -0.274. The zero-order valence-electron chi connectivity index (χ0n) is 19.7. The number of aromatic nitrogens is 2. The Morgan fingerprint density at radius 2 is 1.67 bits per heavy atom. The zero-order chi connectivity index (χ0) is 28.2. The van der Waals surface area contributed by atoms with Crippen LogP contribution < -0.4 is 14.8 Å². The van der Waals surface area contributed by atoms with Crippen LogP contribution in [0.4, 0.5) is 13.2 Å². The minimum Gasteiger partial charge on any atom is -0.481 e. The van der Waals surface area contributed by atoms with Crippen LogP contribution in [0, 0.1) is 0 Å². The molecule has 0 saturated heterocycles. The van der Waals surface area contributed by atoms with E-state index in [0.29, 0.717) is 26.9 Å². The molecule has 8 nitrogen and oxygen atoms in total. The van der Waals surface area contributed by atoms with Crippen LogP contribution in [-0.4, -0.2) is 39.7 Å². The predicted molar refractivity (Wildman–Crippen MR) is 137 cm³/mol. The molecule has 3 aromatic carbocycles. The van der Waals surface area contributed by atoms with Crippen molar-refractivity contribution in [2.45, 2.75) is 12.8 Å². The summed E-state index contributed by atoms with van der Waals surface area (Å²) in [5.41, 5.74) is 1.39. The summed E-state index contributed by atoms with van der Waals surface area (Å²) < 4.78 is 49.8. The number of carboxylic acids is 1. The number of amides is 1. The lowest BCUT2D eigenvalue weighted by Crippen LogP contribution is -2.25. The van der Waals surface area contributed by atoms with Crippen molar-refractivity contribution in [1.29, 1.82) is 0 Å². The molecule has 1 amide bonds. The van der Waals surface area contributed by atoms with Crippen LogP contribution in [0.2, 0.25) is 10.0 Å². The Kier molecular flexibility index (Phi) is 8.32. The van der Waals surface area contributed by atoms with Gasteiger partial charge in [-0.2, -0.15) is 0 Å². The smallest absolute Gasteiger partial charge is 0.481 e. The minimum atomic E-state index is -4.87. The van der Waals surface area contributed by atoms with Crippen LogP contribution in [0.5, 0.6) is 17.4 Å².